The van der Waals surface area contributed by atoms with Crippen LogP contribution in [0.5, 0.6) is 0 Å². The molecule has 3 nitrogen and oxygen atoms in total. The van der Waals surface area contributed by atoms with Gasteiger partial charge in [0.05, 0.1) is 6.67 Å². The molecule has 0 atom stereocenters. The largest absolute Gasteiger partial charge is 0.292 e. The van der Waals surface area contributed by atoms with Gasteiger partial charge in [-0.15, -0.1) is 0 Å². The number of hydrogen-bond acceptors (Lipinski definition) is 3. The van der Waals surface area contributed by atoms with E-state index in [-0.39, 0.29) is 5.41 Å². The lowest BCUT2D eigenvalue weighted by molar-refractivity contribution is 0.312. The molecule has 0 aliphatic heterocycles. The van der Waals surface area contributed by atoms with Crippen LogP contribution in [0.4, 0.5) is 0 Å². The Morgan fingerprint density at radius 2 is 1.68 bits per heavy atom. The van der Waals surface area contributed by atoms with Gasteiger partial charge in [0.1, 0.15) is 0 Å². The summed E-state index contributed by atoms with van der Waals surface area (Å²) >= 11 is 0. The molecule has 108 valence electrons. The summed E-state index contributed by atoms with van der Waals surface area (Å²) in [5.74, 6) is 5.33. The molecule has 0 aromatic heterocycles. The molecule has 0 aliphatic carbocycles. The topological polar surface area (TPSA) is 41.3 Å². The van der Waals surface area contributed by atoms with E-state index in [1.165, 1.54) is 22.3 Å². The van der Waals surface area contributed by atoms with Gasteiger partial charge in [-0.2, -0.15) is 0 Å². The fourth-order valence-corrected chi connectivity index (χ4v) is 2.36. The second kappa shape index (κ2) is 6.51. The first-order valence-corrected chi connectivity index (χ1v) is 6.98. The highest BCUT2D eigenvalue weighted by Gasteiger charge is 2.16. The quantitative estimate of drug-likeness (QED) is 0.487. The molecular weight excluding hydrogens is 234 g/mol. The summed E-state index contributed by atoms with van der Waals surface area (Å²) in [6, 6.07) is 4.67. The summed E-state index contributed by atoms with van der Waals surface area (Å²) in [6.07, 6.45) is 1.07. The number of nitrogens with two attached hydrogens (primary N) is 1. The molecule has 0 aliphatic rings. The van der Waals surface area contributed by atoms with Gasteiger partial charge in [-0.05, 0) is 55.0 Å². The first-order chi connectivity index (χ1) is 8.75. The highest BCUT2D eigenvalue weighted by molar-refractivity contribution is 5.40. The van der Waals surface area contributed by atoms with Crippen molar-refractivity contribution >= 4 is 0 Å². The molecule has 1 aromatic carbocycles. The maximum atomic E-state index is 5.33. The lowest BCUT2D eigenvalue weighted by atomic mass is 9.83. The average Bonchev–Trinajstić information content (AvgIpc) is 2.26. The van der Waals surface area contributed by atoms with Gasteiger partial charge in [0.25, 0.3) is 0 Å². The van der Waals surface area contributed by atoms with Crippen LogP contribution >= 0.6 is 0 Å². The summed E-state index contributed by atoms with van der Waals surface area (Å²) in [5, 5.41) is 0. The number of hydrogen-bond donors (Lipinski definition) is 2. The molecule has 3 N–H and O–H groups in total. The van der Waals surface area contributed by atoms with Crippen LogP contribution in [0.2, 0.25) is 0 Å². The Hall–Kier alpha value is -0.900. The van der Waals surface area contributed by atoms with Crippen molar-refractivity contribution in [1.29, 1.82) is 0 Å². The molecule has 0 heterocycles. The number of nitrogens with one attached hydrogen (secondary N) is 1. The molecule has 0 bridgehead atoms. The third-order valence-corrected chi connectivity index (χ3v) is 3.67. The first kappa shape index (κ1) is 16.2. The number of nitrogens with zero attached hydrogens (tertiary/aromatic N) is 1. The van der Waals surface area contributed by atoms with Gasteiger partial charge in [0, 0.05) is 6.54 Å². The molecule has 0 radical (unpaired) electrons. The Kier molecular flexibility index (Phi) is 5.53. The summed E-state index contributed by atoms with van der Waals surface area (Å²) in [6.45, 7) is 13.0. The van der Waals surface area contributed by atoms with Crippen LogP contribution in [0.1, 0.15) is 43.0 Å². The number of likely N-dealkylation sites (N-methyl/N-ethyl adjacent to an activating group) is 1. The zero-order valence-electron chi connectivity index (χ0n) is 13.3. The van der Waals surface area contributed by atoms with Gasteiger partial charge in [-0.3, -0.25) is 10.7 Å². The van der Waals surface area contributed by atoms with Crippen LogP contribution in [0.3, 0.4) is 0 Å². The van der Waals surface area contributed by atoms with Crippen molar-refractivity contribution in [3.05, 3.63) is 34.4 Å². The van der Waals surface area contributed by atoms with Gasteiger partial charge in [-0.25, -0.2) is 5.43 Å². The Labute approximate surface area is 118 Å². The molecule has 1 aromatic rings. The second-order valence-electron chi connectivity index (χ2n) is 6.53. The van der Waals surface area contributed by atoms with E-state index in [0.29, 0.717) is 0 Å². The number of benzene rings is 1. The van der Waals surface area contributed by atoms with E-state index in [2.05, 4.69) is 64.1 Å². The number of rotatable bonds is 5. The fourth-order valence-electron chi connectivity index (χ4n) is 2.36. The van der Waals surface area contributed by atoms with Gasteiger partial charge in [-0.1, -0.05) is 32.9 Å². The minimum atomic E-state index is 0.217. The van der Waals surface area contributed by atoms with Gasteiger partial charge < -0.3 is 0 Å². The van der Waals surface area contributed by atoms with E-state index in [1.54, 1.807) is 0 Å². The van der Waals surface area contributed by atoms with E-state index in [4.69, 9.17) is 5.84 Å². The predicted octanol–water partition coefficient (Wildman–Crippen LogP) is 2.50. The Morgan fingerprint density at radius 3 is 2.11 bits per heavy atom. The Morgan fingerprint density at radius 1 is 1.16 bits per heavy atom. The molecule has 0 spiro atoms. The lowest BCUT2D eigenvalue weighted by Gasteiger charge is -2.23. The van der Waals surface area contributed by atoms with Crippen molar-refractivity contribution < 1.29 is 0 Å². The van der Waals surface area contributed by atoms with E-state index >= 15 is 0 Å². The van der Waals surface area contributed by atoms with Crippen molar-refractivity contribution in [1.82, 2.24) is 10.3 Å². The average molecular weight is 263 g/mol. The normalized spacial score (nSPS) is 12.2. The molecule has 1 rings (SSSR count). The molecule has 0 saturated carbocycles. The molecule has 0 unspecified atom stereocenters. The standard InChI is InChI=1S/C16H29N3/c1-12-9-14(16(3,4)5)10-13(2)15(12)7-8-19(6)11-18-17/h9-10,18H,7-8,11,17H2,1-6H3. The Bertz CT molecular complexity index is 395. The van der Waals surface area contributed by atoms with Crippen molar-refractivity contribution in [2.24, 2.45) is 5.84 Å². The molecule has 0 amide bonds. The van der Waals surface area contributed by atoms with Crippen LogP contribution < -0.4 is 11.3 Å². The summed E-state index contributed by atoms with van der Waals surface area (Å²) in [5.41, 5.74) is 8.60. The van der Waals surface area contributed by atoms with Crippen molar-refractivity contribution in [2.45, 2.75) is 46.5 Å². The SMILES string of the molecule is Cc1cc(C(C)(C)C)cc(C)c1CCN(C)CNN. The monoisotopic (exact) mass is 263 g/mol. The van der Waals surface area contributed by atoms with Crippen molar-refractivity contribution in [2.75, 3.05) is 20.3 Å². The van der Waals surface area contributed by atoms with E-state index in [1.807, 2.05) is 0 Å². The minimum Gasteiger partial charge on any atom is -0.292 e. The number of hydrazine groups is 1. The van der Waals surface area contributed by atoms with E-state index in [9.17, 15) is 0 Å². The zero-order chi connectivity index (χ0) is 14.6. The fraction of sp³-hybridized carbons (Fsp3) is 0.625. The second-order valence-corrected chi connectivity index (χ2v) is 6.53. The Balaban J connectivity index is 2.86. The molecule has 3 heteroatoms. The summed E-state index contributed by atoms with van der Waals surface area (Å²) in [4.78, 5) is 2.19. The van der Waals surface area contributed by atoms with Crippen LogP contribution in [0, 0.1) is 13.8 Å². The molecule has 0 saturated heterocycles. The van der Waals surface area contributed by atoms with E-state index in [0.717, 1.165) is 19.6 Å². The number of aryl methyl sites for hydroxylation is 2. The van der Waals surface area contributed by atoms with Crippen LogP contribution in [0.25, 0.3) is 0 Å². The molecule has 19 heavy (non-hydrogen) atoms. The van der Waals surface area contributed by atoms with Gasteiger partial charge in [0.2, 0.25) is 0 Å². The minimum absolute atomic E-state index is 0.217. The zero-order valence-corrected chi connectivity index (χ0v) is 13.3. The third kappa shape index (κ3) is 4.60. The smallest absolute Gasteiger partial charge is 0.0610 e. The maximum Gasteiger partial charge on any atom is 0.0610 e. The van der Waals surface area contributed by atoms with Crippen LogP contribution in [-0.4, -0.2) is 25.2 Å². The van der Waals surface area contributed by atoms with Gasteiger partial charge >= 0.3 is 0 Å². The van der Waals surface area contributed by atoms with Crippen LogP contribution in [-0.2, 0) is 11.8 Å². The summed E-state index contributed by atoms with van der Waals surface area (Å²) < 4.78 is 0. The van der Waals surface area contributed by atoms with E-state index < -0.39 is 0 Å². The summed E-state index contributed by atoms with van der Waals surface area (Å²) in [7, 11) is 2.08. The predicted molar refractivity (Wildman–Crippen MR) is 83.1 cm³/mol. The lowest BCUT2D eigenvalue weighted by Crippen LogP contribution is -2.36. The third-order valence-electron chi connectivity index (χ3n) is 3.67. The molecular formula is C16H29N3. The van der Waals surface area contributed by atoms with Crippen molar-refractivity contribution in [3.63, 3.8) is 0 Å². The van der Waals surface area contributed by atoms with Crippen molar-refractivity contribution in [3.8, 4) is 0 Å². The maximum absolute atomic E-state index is 5.33. The highest BCUT2D eigenvalue weighted by Crippen LogP contribution is 2.27. The van der Waals surface area contributed by atoms with Crippen LogP contribution in [0.15, 0.2) is 12.1 Å². The molecule has 0 fully saturated rings. The first-order valence-electron chi connectivity index (χ1n) is 6.98. The van der Waals surface area contributed by atoms with Gasteiger partial charge in [0.15, 0.2) is 0 Å². The highest BCUT2D eigenvalue weighted by atomic mass is 15.3.